The molecule has 0 spiro atoms. The van der Waals surface area contributed by atoms with E-state index in [0.29, 0.717) is 19.0 Å². The largest absolute Gasteiger partial charge is 0.314 e. The third kappa shape index (κ3) is 5.15. The van der Waals surface area contributed by atoms with E-state index in [2.05, 4.69) is 26.0 Å². The summed E-state index contributed by atoms with van der Waals surface area (Å²) in [6, 6.07) is 2.29. The molecule has 1 aromatic rings. The van der Waals surface area contributed by atoms with E-state index in [0.717, 1.165) is 22.3 Å². The second-order valence-corrected chi connectivity index (χ2v) is 8.55. The molecule has 0 radical (unpaired) electrons. The van der Waals surface area contributed by atoms with Crippen LogP contribution in [-0.2, 0) is 16.6 Å². The molecule has 0 bridgehead atoms. The molecule has 1 saturated heterocycles. The van der Waals surface area contributed by atoms with Crippen LogP contribution in [0.3, 0.4) is 0 Å². The molecule has 1 aliphatic rings. The van der Waals surface area contributed by atoms with E-state index >= 15 is 0 Å². The first-order valence-electron chi connectivity index (χ1n) is 6.49. The Morgan fingerprint density at radius 2 is 2.32 bits per heavy atom. The fourth-order valence-corrected chi connectivity index (χ4v) is 4.79. The Labute approximate surface area is 127 Å². The Bertz CT molecular complexity index is 496. The van der Waals surface area contributed by atoms with Crippen molar-refractivity contribution < 1.29 is 8.42 Å². The van der Waals surface area contributed by atoms with Crippen molar-refractivity contribution in [3.8, 4) is 0 Å². The van der Waals surface area contributed by atoms with E-state index in [4.69, 9.17) is 0 Å². The Kier molecular flexibility index (Phi) is 5.83. The minimum absolute atomic E-state index is 0.202. The van der Waals surface area contributed by atoms with Gasteiger partial charge in [-0.05, 0) is 53.2 Å². The Morgan fingerprint density at radius 3 is 2.95 bits per heavy atom. The van der Waals surface area contributed by atoms with Crippen molar-refractivity contribution in [2.75, 3.05) is 12.3 Å². The van der Waals surface area contributed by atoms with Crippen molar-refractivity contribution in [3.63, 3.8) is 0 Å². The van der Waals surface area contributed by atoms with Gasteiger partial charge in [-0.25, -0.2) is 13.1 Å². The van der Waals surface area contributed by atoms with E-state index in [1.54, 1.807) is 11.3 Å². The maximum atomic E-state index is 11.9. The van der Waals surface area contributed by atoms with Crippen LogP contribution >= 0.6 is 27.3 Å². The summed E-state index contributed by atoms with van der Waals surface area (Å²) < 4.78 is 27.5. The molecule has 19 heavy (non-hydrogen) atoms. The Balaban J connectivity index is 1.76. The topological polar surface area (TPSA) is 58.2 Å². The fraction of sp³-hybridized carbons (Fsp3) is 0.667. The predicted octanol–water partition coefficient (Wildman–Crippen LogP) is 2.46. The second-order valence-electron chi connectivity index (χ2n) is 4.77. The lowest BCUT2D eigenvalue weighted by Gasteiger charge is -2.23. The zero-order valence-corrected chi connectivity index (χ0v) is 13.9. The van der Waals surface area contributed by atoms with Gasteiger partial charge in [-0.2, -0.15) is 0 Å². The molecule has 108 valence electrons. The molecule has 0 aromatic carbocycles. The summed E-state index contributed by atoms with van der Waals surface area (Å²) in [4.78, 5) is 1.01. The molecule has 2 heterocycles. The summed E-state index contributed by atoms with van der Waals surface area (Å²) in [5.74, 6) is 0.202. The monoisotopic (exact) mass is 366 g/mol. The number of thiophene rings is 1. The number of piperidine rings is 1. The second kappa shape index (κ2) is 7.17. The van der Waals surface area contributed by atoms with Gasteiger partial charge < -0.3 is 5.32 Å². The van der Waals surface area contributed by atoms with Crippen molar-refractivity contribution in [3.05, 3.63) is 20.8 Å². The molecule has 0 aliphatic carbocycles. The summed E-state index contributed by atoms with van der Waals surface area (Å²) in [6.07, 6.45) is 4.19. The lowest BCUT2D eigenvalue weighted by molar-refractivity contribution is 0.392. The van der Waals surface area contributed by atoms with Crippen LogP contribution in [0.25, 0.3) is 0 Å². The van der Waals surface area contributed by atoms with Gasteiger partial charge in [0.1, 0.15) is 0 Å². The molecule has 0 saturated carbocycles. The van der Waals surface area contributed by atoms with E-state index in [1.165, 1.54) is 12.8 Å². The average Bonchev–Trinajstić information content (AvgIpc) is 2.81. The maximum absolute atomic E-state index is 11.9. The summed E-state index contributed by atoms with van der Waals surface area (Å²) in [5.41, 5.74) is 0. The smallest absolute Gasteiger partial charge is 0.211 e. The van der Waals surface area contributed by atoms with Crippen LogP contribution in [-0.4, -0.2) is 26.8 Å². The molecule has 7 heteroatoms. The highest BCUT2D eigenvalue weighted by Gasteiger charge is 2.17. The van der Waals surface area contributed by atoms with Gasteiger partial charge >= 0.3 is 0 Å². The van der Waals surface area contributed by atoms with E-state index < -0.39 is 10.0 Å². The molecule has 1 unspecified atom stereocenters. The lowest BCUT2D eigenvalue weighted by atomic mass is 10.0. The minimum atomic E-state index is -3.18. The van der Waals surface area contributed by atoms with Crippen LogP contribution in [0.5, 0.6) is 0 Å². The summed E-state index contributed by atoms with van der Waals surface area (Å²) in [7, 11) is -3.18. The summed E-state index contributed by atoms with van der Waals surface area (Å²) in [5, 5.41) is 5.32. The molecule has 1 aliphatic heterocycles. The quantitative estimate of drug-likeness (QED) is 0.812. The van der Waals surface area contributed by atoms with Crippen LogP contribution in [0.1, 0.15) is 30.6 Å². The maximum Gasteiger partial charge on any atom is 0.211 e. The molecular weight excluding hydrogens is 348 g/mol. The molecule has 2 N–H and O–H groups in total. The highest BCUT2D eigenvalue weighted by atomic mass is 79.9. The van der Waals surface area contributed by atoms with Crippen molar-refractivity contribution in [1.29, 1.82) is 0 Å². The van der Waals surface area contributed by atoms with Crippen LogP contribution in [0, 0.1) is 0 Å². The third-order valence-corrected chi connectivity index (χ3v) is 6.57. The van der Waals surface area contributed by atoms with Crippen molar-refractivity contribution >= 4 is 37.3 Å². The summed E-state index contributed by atoms with van der Waals surface area (Å²) in [6.45, 7) is 1.39. The van der Waals surface area contributed by atoms with Crippen LogP contribution in [0.2, 0.25) is 0 Å². The number of sulfonamides is 1. The van der Waals surface area contributed by atoms with Crippen molar-refractivity contribution in [2.24, 2.45) is 0 Å². The number of hydrogen-bond acceptors (Lipinski definition) is 4. The lowest BCUT2D eigenvalue weighted by Crippen LogP contribution is -2.37. The van der Waals surface area contributed by atoms with Gasteiger partial charge in [-0.1, -0.05) is 6.42 Å². The standard InChI is InChI=1S/C12H19BrN2O2S2/c13-11-4-7-18-12(11)9-15-19(16,17)8-5-10-3-1-2-6-14-10/h4,7,10,14-15H,1-3,5-6,8-9H2. The molecule has 1 aromatic heterocycles. The first-order chi connectivity index (χ1) is 9.07. The zero-order chi connectivity index (χ0) is 13.7. The normalized spacial score (nSPS) is 20.6. The van der Waals surface area contributed by atoms with Gasteiger partial charge in [0.25, 0.3) is 0 Å². The molecule has 0 amide bonds. The fourth-order valence-electron chi connectivity index (χ4n) is 2.17. The Morgan fingerprint density at radius 1 is 1.47 bits per heavy atom. The van der Waals surface area contributed by atoms with Crippen LogP contribution < -0.4 is 10.0 Å². The average molecular weight is 367 g/mol. The predicted molar refractivity (Wildman–Crippen MR) is 82.9 cm³/mol. The first-order valence-corrected chi connectivity index (χ1v) is 9.82. The SMILES string of the molecule is O=S(=O)(CCC1CCCCN1)NCc1sccc1Br. The number of halogens is 1. The van der Waals surface area contributed by atoms with Crippen LogP contribution in [0.4, 0.5) is 0 Å². The van der Waals surface area contributed by atoms with E-state index in [-0.39, 0.29) is 5.75 Å². The highest BCUT2D eigenvalue weighted by molar-refractivity contribution is 9.10. The van der Waals surface area contributed by atoms with Gasteiger partial charge in [-0.3, -0.25) is 0 Å². The Hall–Kier alpha value is 0.0500. The third-order valence-electron chi connectivity index (χ3n) is 3.29. The van der Waals surface area contributed by atoms with Gasteiger partial charge in [0, 0.05) is 21.9 Å². The molecular formula is C12H19BrN2O2S2. The van der Waals surface area contributed by atoms with Gasteiger partial charge in [0.2, 0.25) is 10.0 Å². The van der Waals surface area contributed by atoms with Gasteiger partial charge in [-0.15, -0.1) is 11.3 Å². The number of hydrogen-bond donors (Lipinski definition) is 2. The molecule has 2 rings (SSSR count). The highest BCUT2D eigenvalue weighted by Crippen LogP contribution is 2.22. The molecule has 1 atom stereocenters. The van der Waals surface area contributed by atoms with Gasteiger partial charge in [0.15, 0.2) is 0 Å². The van der Waals surface area contributed by atoms with Crippen molar-refractivity contribution in [2.45, 2.75) is 38.3 Å². The summed E-state index contributed by atoms with van der Waals surface area (Å²) >= 11 is 4.95. The molecule has 4 nitrogen and oxygen atoms in total. The minimum Gasteiger partial charge on any atom is -0.314 e. The first kappa shape index (κ1) is 15.4. The van der Waals surface area contributed by atoms with E-state index in [1.807, 2.05) is 11.4 Å². The van der Waals surface area contributed by atoms with E-state index in [9.17, 15) is 8.42 Å². The van der Waals surface area contributed by atoms with Gasteiger partial charge in [0.05, 0.1) is 5.75 Å². The number of nitrogens with one attached hydrogen (secondary N) is 2. The zero-order valence-electron chi connectivity index (χ0n) is 10.7. The van der Waals surface area contributed by atoms with Crippen LogP contribution in [0.15, 0.2) is 15.9 Å². The number of rotatable bonds is 6. The van der Waals surface area contributed by atoms with Crippen molar-refractivity contribution in [1.82, 2.24) is 10.0 Å². The molecule has 1 fully saturated rings.